The smallest absolute Gasteiger partial charge is 0.407 e. The first-order chi connectivity index (χ1) is 16.6. The topological polar surface area (TPSA) is 101 Å². The van der Waals surface area contributed by atoms with E-state index in [2.05, 4.69) is 75.3 Å². The summed E-state index contributed by atoms with van der Waals surface area (Å²) in [5, 5.41) is 3.08. The molecule has 0 aromatic rings. The van der Waals surface area contributed by atoms with Gasteiger partial charge in [-0.25, -0.2) is 14.8 Å². The van der Waals surface area contributed by atoms with E-state index in [0.29, 0.717) is 19.7 Å². The summed E-state index contributed by atoms with van der Waals surface area (Å²) < 4.78 is 5.32. The first-order valence-electron chi connectivity index (χ1n) is 13.6. The van der Waals surface area contributed by atoms with Crippen LogP contribution >= 0.6 is 0 Å². The van der Waals surface area contributed by atoms with Gasteiger partial charge in [0.15, 0.2) is 0 Å². The van der Waals surface area contributed by atoms with E-state index in [1.807, 2.05) is 0 Å². The molecule has 0 bridgehead atoms. The van der Waals surface area contributed by atoms with Gasteiger partial charge < -0.3 is 14.9 Å². The Balaban J connectivity index is 1.95. The van der Waals surface area contributed by atoms with Crippen molar-refractivity contribution in [2.75, 3.05) is 19.7 Å². The molecule has 4 unspecified atom stereocenters. The van der Waals surface area contributed by atoms with Gasteiger partial charge in [0.05, 0.1) is 25.7 Å². The van der Waals surface area contributed by atoms with Crippen LogP contribution in [-0.4, -0.2) is 49.9 Å². The van der Waals surface area contributed by atoms with Gasteiger partial charge in [0.2, 0.25) is 0 Å². The number of carbonyl (C=O) groups excluding carboxylic acids is 2. The van der Waals surface area contributed by atoms with Crippen molar-refractivity contribution < 1.29 is 19.2 Å². The van der Waals surface area contributed by atoms with Crippen molar-refractivity contribution in [2.24, 2.45) is 31.6 Å². The predicted octanol–water partition coefficient (Wildman–Crippen LogP) is 5.92. The minimum atomic E-state index is -0.324. The van der Waals surface area contributed by atoms with Gasteiger partial charge >= 0.3 is 12.1 Å². The highest BCUT2D eigenvalue weighted by Gasteiger charge is 2.43. The van der Waals surface area contributed by atoms with Crippen molar-refractivity contribution in [3.05, 3.63) is 0 Å². The fourth-order valence-electron chi connectivity index (χ4n) is 6.88. The highest BCUT2D eigenvalue weighted by molar-refractivity contribution is 5.67. The lowest BCUT2D eigenvalue weighted by Gasteiger charge is -2.46. The Bertz CT molecular complexity index is 820. The van der Waals surface area contributed by atoms with Crippen LogP contribution in [0.15, 0.2) is 9.98 Å². The summed E-state index contributed by atoms with van der Waals surface area (Å²) in [6.45, 7) is 18.7. The molecule has 2 fully saturated rings. The highest BCUT2D eigenvalue weighted by Crippen LogP contribution is 2.47. The summed E-state index contributed by atoms with van der Waals surface area (Å²) in [5.74, 6) is -0.324. The van der Waals surface area contributed by atoms with Crippen LogP contribution in [0.2, 0.25) is 0 Å². The number of hydroxylamine groups is 1. The van der Waals surface area contributed by atoms with Crippen LogP contribution in [-0.2, 0) is 14.4 Å². The lowest BCUT2D eigenvalue weighted by molar-refractivity contribution is -0.152. The molecule has 0 spiro atoms. The standard InChI is InChI=1S/C28H50N4O4/c1-9-10-11-35-24(34)31-22-12-25(3,4)16-27(7,14-22)18-29-20-30-19-28(8)15-23(32-36-21(2)33)13-26(5,6)17-28/h22-23,32H,9-19H2,1-8H3,(H,31,34). The van der Waals surface area contributed by atoms with Gasteiger partial charge in [-0.15, -0.1) is 0 Å². The number of hydrogen-bond donors (Lipinski definition) is 2. The third kappa shape index (κ3) is 10.6. The molecule has 206 valence electrons. The van der Waals surface area contributed by atoms with E-state index in [0.717, 1.165) is 51.4 Å². The van der Waals surface area contributed by atoms with Crippen LogP contribution in [0, 0.1) is 21.7 Å². The van der Waals surface area contributed by atoms with Crippen LogP contribution < -0.4 is 10.8 Å². The van der Waals surface area contributed by atoms with Gasteiger partial charge in [-0.2, -0.15) is 5.48 Å². The molecule has 0 heterocycles. The molecule has 36 heavy (non-hydrogen) atoms. The molecule has 1 amide bonds. The number of amides is 1. The fourth-order valence-corrected chi connectivity index (χ4v) is 6.88. The minimum absolute atomic E-state index is 0.0219. The third-order valence-corrected chi connectivity index (χ3v) is 7.37. The van der Waals surface area contributed by atoms with E-state index in [1.54, 1.807) is 0 Å². The summed E-state index contributed by atoms with van der Waals surface area (Å²) in [6, 6.07) is 3.15. The maximum absolute atomic E-state index is 12.2. The number of aliphatic imine (C=N–C) groups is 2. The molecule has 8 nitrogen and oxygen atoms in total. The molecule has 2 N–H and O–H groups in total. The minimum Gasteiger partial charge on any atom is -0.450 e. The lowest BCUT2D eigenvalue weighted by atomic mass is 9.62. The van der Waals surface area contributed by atoms with Gasteiger partial charge in [0.25, 0.3) is 0 Å². The molecule has 0 aromatic heterocycles. The normalized spacial score (nSPS) is 31.0. The first kappa shape index (κ1) is 30.3. The van der Waals surface area contributed by atoms with Crippen molar-refractivity contribution in [2.45, 2.75) is 119 Å². The summed E-state index contributed by atoms with van der Waals surface area (Å²) >= 11 is 0. The van der Waals surface area contributed by atoms with E-state index in [4.69, 9.17) is 9.57 Å². The zero-order valence-corrected chi connectivity index (χ0v) is 24.0. The number of hydrogen-bond acceptors (Lipinski definition) is 7. The largest absolute Gasteiger partial charge is 0.450 e. The average Bonchev–Trinajstić information content (AvgIpc) is 2.69. The van der Waals surface area contributed by atoms with Gasteiger partial charge in [-0.1, -0.05) is 54.9 Å². The lowest BCUT2D eigenvalue weighted by Crippen LogP contribution is -2.48. The number of nitrogens with one attached hydrogen (secondary N) is 2. The number of nitrogens with zero attached hydrogens (tertiary/aromatic N) is 2. The Labute approximate surface area is 218 Å². The molecule has 2 rings (SSSR count). The molecular weight excluding hydrogens is 456 g/mol. The summed E-state index contributed by atoms with van der Waals surface area (Å²) in [7, 11) is 0. The van der Waals surface area contributed by atoms with Crippen molar-refractivity contribution in [1.29, 1.82) is 0 Å². The molecule has 0 aromatic carbocycles. The zero-order valence-electron chi connectivity index (χ0n) is 24.0. The van der Waals surface area contributed by atoms with Gasteiger partial charge in [-0.05, 0) is 66.6 Å². The zero-order chi connectivity index (χ0) is 27.0. The second-order valence-electron chi connectivity index (χ2n) is 13.6. The number of carbonyl (C=O) groups is 2. The molecule has 0 radical (unpaired) electrons. The Hall–Kier alpha value is -1.92. The van der Waals surface area contributed by atoms with E-state index in [-0.39, 0.29) is 45.8 Å². The van der Waals surface area contributed by atoms with Crippen molar-refractivity contribution in [3.8, 4) is 0 Å². The van der Waals surface area contributed by atoms with Crippen LogP contribution in [0.3, 0.4) is 0 Å². The monoisotopic (exact) mass is 506 g/mol. The van der Waals surface area contributed by atoms with Gasteiger partial charge in [-0.3, -0.25) is 4.79 Å². The van der Waals surface area contributed by atoms with Crippen LogP contribution in [0.5, 0.6) is 0 Å². The van der Waals surface area contributed by atoms with Crippen molar-refractivity contribution >= 4 is 18.1 Å². The van der Waals surface area contributed by atoms with Gasteiger partial charge in [0, 0.05) is 19.0 Å². The second kappa shape index (κ2) is 12.6. The maximum atomic E-state index is 12.2. The number of rotatable bonds is 10. The molecule has 8 heteroatoms. The summed E-state index contributed by atoms with van der Waals surface area (Å²) in [5.41, 5.74) is 3.11. The average molecular weight is 507 g/mol. The van der Waals surface area contributed by atoms with E-state index in [1.165, 1.54) is 6.92 Å². The fraction of sp³-hybridized carbons (Fsp3) is 0.893. The molecule has 2 saturated carbocycles. The Morgan fingerprint density at radius 2 is 1.42 bits per heavy atom. The van der Waals surface area contributed by atoms with Crippen molar-refractivity contribution in [1.82, 2.24) is 10.8 Å². The number of ether oxygens (including phenoxy) is 1. The Kier molecular flexibility index (Phi) is 10.6. The van der Waals surface area contributed by atoms with Crippen LogP contribution in [0.1, 0.15) is 107 Å². The third-order valence-electron chi connectivity index (χ3n) is 7.37. The summed E-state index contributed by atoms with van der Waals surface area (Å²) in [6.07, 6.45) is 7.26. The molecule has 2 aliphatic rings. The van der Waals surface area contributed by atoms with E-state index < -0.39 is 0 Å². The van der Waals surface area contributed by atoms with E-state index in [9.17, 15) is 9.59 Å². The van der Waals surface area contributed by atoms with Crippen LogP contribution in [0.25, 0.3) is 0 Å². The molecule has 4 atom stereocenters. The summed E-state index contributed by atoms with van der Waals surface area (Å²) in [4.78, 5) is 37.7. The first-order valence-corrected chi connectivity index (χ1v) is 13.6. The second-order valence-corrected chi connectivity index (χ2v) is 13.6. The van der Waals surface area contributed by atoms with Gasteiger partial charge in [0.1, 0.15) is 0 Å². The van der Waals surface area contributed by atoms with Crippen molar-refractivity contribution in [3.63, 3.8) is 0 Å². The van der Waals surface area contributed by atoms with E-state index >= 15 is 0 Å². The predicted molar refractivity (Wildman–Crippen MR) is 143 cm³/mol. The SMILES string of the molecule is CCCCOC(=O)NC1CC(C)(C)CC(C)(CN=C=NCC2(C)CC(NOC(C)=O)CC(C)(C)C2)C1. The highest BCUT2D eigenvalue weighted by atomic mass is 16.7. The number of unbranched alkanes of at least 4 members (excludes halogenated alkanes) is 1. The van der Waals surface area contributed by atoms with Crippen LogP contribution in [0.4, 0.5) is 4.79 Å². The Morgan fingerprint density at radius 1 is 0.889 bits per heavy atom. The Morgan fingerprint density at radius 3 is 1.94 bits per heavy atom. The molecule has 2 aliphatic carbocycles. The number of alkyl carbamates (subject to hydrolysis) is 1. The molecular formula is C28H50N4O4. The maximum Gasteiger partial charge on any atom is 0.407 e. The molecule has 0 saturated heterocycles. The quantitative estimate of drug-likeness (QED) is 0.217. The molecule has 0 aliphatic heterocycles.